The molecule has 6 nitrogen and oxygen atoms in total. The van der Waals surface area contributed by atoms with Gasteiger partial charge in [0.25, 0.3) is 6.43 Å². The van der Waals surface area contributed by atoms with Crippen LogP contribution >= 0.6 is 0 Å². The van der Waals surface area contributed by atoms with Crippen molar-refractivity contribution in [1.82, 2.24) is 4.90 Å². The maximum absolute atomic E-state index is 12.3. The number of alkyl halides is 2. The summed E-state index contributed by atoms with van der Waals surface area (Å²) in [6.45, 7) is -0.696. The number of carbonyl (C=O) groups excluding carboxylic acids is 2. The van der Waals surface area contributed by atoms with E-state index in [1.807, 2.05) is 18.2 Å². The van der Waals surface area contributed by atoms with Crippen molar-refractivity contribution in [1.29, 1.82) is 0 Å². The van der Waals surface area contributed by atoms with Crippen LogP contribution in [0.15, 0.2) is 30.3 Å². The first kappa shape index (κ1) is 18.1. The summed E-state index contributed by atoms with van der Waals surface area (Å²) in [6.07, 6.45) is -3.88. The van der Waals surface area contributed by atoms with Gasteiger partial charge in [0.05, 0.1) is 19.8 Å². The van der Waals surface area contributed by atoms with E-state index in [-0.39, 0.29) is 19.6 Å². The molecule has 0 bridgehead atoms. The average molecular weight is 343 g/mol. The van der Waals surface area contributed by atoms with Gasteiger partial charge < -0.3 is 14.2 Å². The largest absolute Gasteiger partial charge is 0.467 e. The number of esters is 1. The summed E-state index contributed by atoms with van der Waals surface area (Å²) in [5.41, 5.74) is 0.796. The fraction of sp³-hybridized carbons (Fsp3) is 0.500. The lowest BCUT2D eigenvalue weighted by atomic mass is 10.2. The van der Waals surface area contributed by atoms with Gasteiger partial charge in [-0.3, -0.25) is 4.90 Å². The molecule has 1 saturated heterocycles. The highest BCUT2D eigenvalue weighted by atomic mass is 19.3. The lowest BCUT2D eigenvalue weighted by Gasteiger charge is -2.21. The Labute approximate surface area is 138 Å². The lowest BCUT2D eigenvalue weighted by Crippen LogP contribution is -2.41. The van der Waals surface area contributed by atoms with Crippen LogP contribution in [0.25, 0.3) is 0 Å². The fourth-order valence-corrected chi connectivity index (χ4v) is 2.49. The molecule has 1 aromatic carbocycles. The quantitative estimate of drug-likeness (QED) is 0.741. The van der Waals surface area contributed by atoms with E-state index in [9.17, 15) is 18.4 Å². The summed E-state index contributed by atoms with van der Waals surface area (Å²) >= 11 is 0. The van der Waals surface area contributed by atoms with Crippen molar-refractivity contribution in [2.24, 2.45) is 0 Å². The molecule has 2 unspecified atom stereocenters. The van der Waals surface area contributed by atoms with Gasteiger partial charge in [-0.2, -0.15) is 0 Å². The molecule has 8 heteroatoms. The number of ether oxygens (including phenoxy) is 3. The number of carbonyl (C=O) groups is 2. The molecule has 0 saturated carbocycles. The number of hydrogen-bond donors (Lipinski definition) is 0. The second kappa shape index (κ2) is 8.58. The zero-order valence-corrected chi connectivity index (χ0v) is 13.2. The van der Waals surface area contributed by atoms with Gasteiger partial charge in [0.1, 0.15) is 19.3 Å². The van der Waals surface area contributed by atoms with Crippen LogP contribution in [0.3, 0.4) is 0 Å². The molecule has 0 radical (unpaired) electrons. The summed E-state index contributed by atoms with van der Waals surface area (Å²) in [6, 6.07) is 8.15. The van der Waals surface area contributed by atoms with Crippen molar-refractivity contribution >= 4 is 12.1 Å². The third kappa shape index (κ3) is 4.89. The maximum atomic E-state index is 12.3. The molecule has 1 aliphatic rings. The van der Waals surface area contributed by atoms with Crippen LogP contribution in [0.2, 0.25) is 0 Å². The molecular formula is C16H19F2NO5. The maximum Gasteiger partial charge on any atom is 0.410 e. The second-order valence-corrected chi connectivity index (χ2v) is 5.31. The smallest absolute Gasteiger partial charge is 0.410 e. The van der Waals surface area contributed by atoms with Crippen molar-refractivity contribution in [3.05, 3.63) is 35.9 Å². The van der Waals surface area contributed by atoms with E-state index in [4.69, 9.17) is 9.47 Å². The topological polar surface area (TPSA) is 65.1 Å². The molecule has 1 heterocycles. The molecule has 1 amide bonds. The van der Waals surface area contributed by atoms with Crippen LogP contribution in [0.4, 0.5) is 13.6 Å². The summed E-state index contributed by atoms with van der Waals surface area (Å²) in [4.78, 5) is 25.2. The van der Waals surface area contributed by atoms with Crippen LogP contribution < -0.4 is 0 Å². The van der Waals surface area contributed by atoms with E-state index in [2.05, 4.69) is 4.74 Å². The zero-order valence-electron chi connectivity index (χ0n) is 13.2. The molecule has 1 aliphatic heterocycles. The SMILES string of the molecule is COC(=O)C1CC(OCC(F)F)CN1C(=O)OCc1ccccc1. The Bertz CT molecular complexity index is 555. The van der Waals surface area contributed by atoms with Gasteiger partial charge in [0, 0.05) is 6.42 Å². The monoisotopic (exact) mass is 343 g/mol. The van der Waals surface area contributed by atoms with Crippen molar-refractivity contribution in [3.8, 4) is 0 Å². The van der Waals surface area contributed by atoms with E-state index in [0.717, 1.165) is 10.5 Å². The predicted molar refractivity (Wildman–Crippen MR) is 79.5 cm³/mol. The van der Waals surface area contributed by atoms with E-state index in [1.165, 1.54) is 7.11 Å². The minimum Gasteiger partial charge on any atom is -0.467 e. The highest BCUT2D eigenvalue weighted by Crippen LogP contribution is 2.23. The number of rotatable bonds is 6. The minimum absolute atomic E-state index is 0.000109. The number of benzene rings is 1. The summed E-state index contributed by atoms with van der Waals surface area (Å²) in [7, 11) is 1.20. The van der Waals surface area contributed by atoms with Gasteiger partial charge in [0.2, 0.25) is 0 Å². The van der Waals surface area contributed by atoms with Crippen LogP contribution in [0, 0.1) is 0 Å². The third-order valence-corrected chi connectivity index (χ3v) is 3.63. The number of nitrogens with zero attached hydrogens (tertiary/aromatic N) is 1. The van der Waals surface area contributed by atoms with Crippen molar-refractivity contribution in [3.63, 3.8) is 0 Å². The van der Waals surface area contributed by atoms with Gasteiger partial charge in [-0.05, 0) is 5.56 Å². The highest BCUT2D eigenvalue weighted by molar-refractivity contribution is 5.82. The summed E-state index contributed by atoms with van der Waals surface area (Å²) < 4.78 is 39.4. The Morgan fingerprint density at radius 1 is 1.29 bits per heavy atom. The first-order valence-corrected chi connectivity index (χ1v) is 7.46. The number of amides is 1. The Balaban J connectivity index is 1.95. The number of hydrogen-bond acceptors (Lipinski definition) is 5. The molecule has 2 atom stereocenters. The summed E-state index contributed by atoms with van der Waals surface area (Å²) in [5.74, 6) is -0.630. The van der Waals surface area contributed by atoms with Crippen LogP contribution in [-0.4, -0.2) is 55.8 Å². The fourth-order valence-electron chi connectivity index (χ4n) is 2.49. The molecule has 0 N–H and O–H groups in total. The predicted octanol–water partition coefficient (Wildman–Crippen LogP) is 2.22. The Kier molecular flexibility index (Phi) is 6.48. The van der Waals surface area contributed by atoms with Crippen molar-refractivity contribution in [2.45, 2.75) is 31.6 Å². The van der Waals surface area contributed by atoms with Gasteiger partial charge in [-0.1, -0.05) is 30.3 Å². The molecule has 0 aliphatic carbocycles. The van der Waals surface area contributed by atoms with Gasteiger partial charge in [-0.25, -0.2) is 18.4 Å². The van der Waals surface area contributed by atoms with Crippen molar-refractivity contribution in [2.75, 3.05) is 20.3 Å². The first-order valence-electron chi connectivity index (χ1n) is 7.46. The molecule has 0 aromatic heterocycles. The standard InChI is InChI=1S/C16H19F2NO5/c1-22-15(20)13-7-12(23-10-14(17)18)8-19(13)16(21)24-9-11-5-3-2-4-6-11/h2-6,12-14H,7-10H2,1H3. The minimum atomic E-state index is -2.61. The number of halogens is 2. The molecule has 1 aromatic rings. The van der Waals surface area contributed by atoms with Gasteiger partial charge in [0.15, 0.2) is 0 Å². The molecular weight excluding hydrogens is 324 g/mol. The highest BCUT2D eigenvalue weighted by Gasteiger charge is 2.42. The Morgan fingerprint density at radius 3 is 2.62 bits per heavy atom. The van der Waals surface area contributed by atoms with E-state index < -0.39 is 37.2 Å². The Hall–Kier alpha value is -2.22. The molecule has 0 spiro atoms. The average Bonchev–Trinajstić information content (AvgIpc) is 3.02. The van der Waals surface area contributed by atoms with E-state index in [0.29, 0.717) is 0 Å². The van der Waals surface area contributed by atoms with E-state index in [1.54, 1.807) is 12.1 Å². The normalized spacial score (nSPS) is 20.2. The lowest BCUT2D eigenvalue weighted by molar-refractivity contribution is -0.145. The van der Waals surface area contributed by atoms with Gasteiger partial charge in [-0.15, -0.1) is 0 Å². The number of likely N-dealkylation sites (tertiary alicyclic amines) is 1. The van der Waals surface area contributed by atoms with Crippen LogP contribution in [0.1, 0.15) is 12.0 Å². The molecule has 24 heavy (non-hydrogen) atoms. The van der Waals surface area contributed by atoms with Gasteiger partial charge >= 0.3 is 12.1 Å². The van der Waals surface area contributed by atoms with Crippen molar-refractivity contribution < 1.29 is 32.6 Å². The number of methoxy groups -OCH3 is 1. The molecule has 2 rings (SSSR count). The van der Waals surface area contributed by atoms with Crippen LogP contribution in [0.5, 0.6) is 0 Å². The van der Waals surface area contributed by atoms with E-state index >= 15 is 0 Å². The van der Waals surface area contributed by atoms with Crippen LogP contribution in [-0.2, 0) is 25.6 Å². The summed E-state index contributed by atoms with van der Waals surface area (Å²) in [5, 5.41) is 0. The molecule has 1 fully saturated rings. The second-order valence-electron chi connectivity index (χ2n) is 5.31. The zero-order chi connectivity index (χ0) is 17.5. The first-order chi connectivity index (χ1) is 11.5. The molecule has 132 valence electrons. The third-order valence-electron chi connectivity index (χ3n) is 3.63. The Morgan fingerprint density at radius 2 is 2.00 bits per heavy atom.